The quantitative estimate of drug-likeness (QED) is 0.907. The Hall–Kier alpha value is -1.38. The zero-order valence-corrected chi connectivity index (χ0v) is 10.1. The Morgan fingerprint density at radius 1 is 1.41 bits per heavy atom. The molecule has 2 heterocycles. The third-order valence-corrected chi connectivity index (χ3v) is 3.88. The van der Waals surface area contributed by atoms with Crippen molar-refractivity contribution in [3.8, 4) is 0 Å². The first-order valence-electron chi connectivity index (χ1n) is 4.57. The van der Waals surface area contributed by atoms with E-state index in [0.717, 1.165) is 6.07 Å². The number of hydrogen-bond acceptors (Lipinski definition) is 5. The molecule has 0 aliphatic heterocycles. The lowest BCUT2D eigenvalue weighted by Gasteiger charge is -2.04. The molecule has 0 amide bonds. The summed E-state index contributed by atoms with van der Waals surface area (Å²) in [5.74, 6) is -0.877. The number of halogens is 1. The maximum absolute atomic E-state index is 13.3. The van der Waals surface area contributed by atoms with Gasteiger partial charge in [-0.1, -0.05) is 0 Å². The van der Waals surface area contributed by atoms with E-state index in [-0.39, 0.29) is 6.54 Å². The van der Waals surface area contributed by atoms with Crippen molar-refractivity contribution in [2.24, 2.45) is 0 Å². The smallest absolute Gasteiger partial charge is 0.248 e. The van der Waals surface area contributed by atoms with Crippen LogP contribution in [0.25, 0.3) is 0 Å². The van der Waals surface area contributed by atoms with Crippen LogP contribution in [0.3, 0.4) is 0 Å². The average molecular weight is 273 g/mol. The Morgan fingerprint density at radius 3 is 2.88 bits per heavy atom. The molecule has 0 aromatic carbocycles. The van der Waals surface area contributed by atoms with Crippen LogP contribution >= 0.6 is 11.3 Å². The molecule has 5 nitrogen and oxygen atoms in total. The molecule has 1 N–H and O–H groups in total. The van der Waals surface area contributed by atoms with Gasteiger partial charge in [0.25, 0.3) is 10.0 Å². The number of thiazole rings is 1. The SMILES string of the molecule is O=S(=O)(NCc1cscn1)c1ncccc1F. The molecule has 2 rings (SSSR count). The lowest BCUT2D eigenvalue weighted by Crippen LogP contribution is -2.25. The van der Waals surface area contributed by atoms with E-state index >= 15 is 0 Å². The summed E-state index contributed by atoms with van der Waals surface area (Å²) >= 11 is 1.35. The summed E-state index contributed by atoms with van der Waals surface area (Å²) in [5.41, 5.74) is 2.17. The molecule has 0 atom stereocenters. The summed E-state index contributed by atoms with van der Waals surface area (Å²) in [6.45, 7) is 0.0157. The van der Waals surface area contributed by atoms with Crippen LogP contribution in [0.5, 0.6) is 0 Å². The van der Waals surface area contributed by atoms with Crippen molar-refractivity contribution in [1.29, 1.82) is 0 Å². The molecule has 0 bridgehead atoms. The molecular weight excluding hydrogens is 265 g/mol. The zero-order chi connectivity index (χ0) is 12.3. The van der Waals surface area contributed by atoms with Crippen molar-refractivity contribution in [3.63, 3.8) is 0 Å². The molecule has 0 aliphatic rings. The number of hydrogen-bond donors (Lipinski definition) is 1. The minimum absolute atomic E-state index is 0.0157. The number of pyridine rings is 1. The van der Waals surface area contributed by atoms with E-state index in [1.807, 2.05) is 0 Å². The topological polar surface area (TPSA) is 72.0 Å². The highest BCUT2D eigenvalue weighted by Crippen LogP contribution is 2.10. The monoisotopic (exact) mass is 273 g/mol. The Balaban J connectivity index is 2.17. The number of rotatable bonds is 4. The normalized spacial score (nSPS) is 11.6. The molecule has 0 saturated heterocycles. The molecule has 0 aliphatic carbocycles. The van der Waals surface area contributed by atoms with Crippen LogP contribution in [0, 0.1) is 5.82 Å². The molecule has 0 saturated carbocycles. The Kier molecular flexibility index (Phi) is 3.46. The van der Waals surface area contributed by atoms with E-state index in [9.17, 15) is 12.8 Å². The summed E-state index contributed by atoms with van der Waals surface area (Å²) in [6, 6.07) is 2.37. The first kappa shape index (κ1) is 12.1. The summed E-state index contributed by atoms with van der Waals surface area (Å²) in [7, 11) is -3.94. The Morgan fingerprint density at radius 2 is 2.24 bits per heavy atom. The fourth-order valence-electron chi connectivity index (χ4n) is 1.13. The van der Waals surface area contributed by atoms with Gasteiger partial charge in [0, 0.05) is 11.6 Å². The van der Waals surface area contributed by atoms with Crippen molar-refractivity contribution < 1.29 is 12.8 Å². The van der Waals surface area contributed by atoms with E-state index < -0.39 is 20.9 Å². The van der Waals surface area contributed by atoms with E-state index in [4.69, 9.17) is 0 Å². The van der Waals surface area contributed by atoms with Gasteiger partial charge >= 0.3 is 0 Å². The standard InChI is InChI=1S/C9H8FN3O2S2/c10-8-2-1-3-11-9(8)17(14,15)13-4-7-5-16-6-12-7/h1-3,5-6,13H,4H2. The van der Waals surface area contributed by atoms with Crippen LogP contribution in [-0.2, 0) is 16.6 Å². The molecule has 0 spiro atoms. The zero-order valence-electron chi connectivity index (χ0n) is 8.50. The number of nitrogens with one attached hydrogen (secondary N) is 1. The molecule has 8 heteroatoms. The lowest BCUT2D eigenvalue weighted by molar-refractivity contribution is 0.544. The molecule has 2 aromatic rings. The maximum Gasteiger partial charge on any atom is 0.261 e. The summed E-state index contributed by atoms with van der Waals surface area (Å²) in [5, 5.41) is 1.10. The number of sulfonamides is 1. The van der Waals surface area contributed by atoms with Gasteiger partial charge in [0.2, 0.25) is 5.03 Å². The van der Waals surface area contributed by atoms with Crippen LogP contribution in [-0.4, -0.2) is 18.4 Å². The molecule has 0 unspecified atom stereocenters. The first-order valence-corrected chi connectivity index (χ1v) is 6.99. The second-order valence-electron chi connectivity index (χ2n) is 3.09. The highest BCUT2D eigenvalue weighted by Gasteiger charge is 2.20. The fraction of sp³-hybridized carbons (Fsp3) is 0.111. The largest absolute Gasteiger partial charge is 0.261 e. The van der Waals surface area contributed by atoms with Gasteiger partial charge in [0.05, 0.1) is 17.7 Å². The van der Waals surface area contributed by atoms with Crippen molar-refractivity contribution in [3.05, 3.63) is 40.7 Å². The number of aromatic nitrogens is 2. The molecular formula is C9H8FN3O2S2. The van der Waals surface area contributed by atoms with E-state index in [1.165, 1.54) is 23.6 Å². The third kappa shape index (κ3) is 2.84. The van der Waals surface area contributed by atoms with Gasteiger partial charge in [-0.25, -0.2) is 27.5 Å². The van der Waals surface area contributed by atoms with Crippen molar-refractivity contribution in [1.82, 2.24) is 14.7 Å². The van der Waals surface area contributed by atoms with Gasteiger partial charge in [0.1, 0.15) is 0 Å². The minimum Gasteiger partial charge on any atom is -0.248 e. The average Bonchev–Trinajstić information content (AvgIpc) is 2.80. The van der Waals surface area contributed by atoms with Crippen LogP contribution in [0.1, 0.15) is 5.69 Å². The van der Waals surface area contributed by atoms with Crippen molar-refractivity contribution >= 4 is 21.4 Å². The summed E-state index contributed by atoms with van der Waals surface area (Å²) < 4.78 is 38.9. The lowest BCUT2D eigenvalue weighted by atomic mass is 10.5. The van der Waals surface area contributed by atoms with Gasteiger partial charge in [-0.3, -0.25) is 0 Å². The van der Waals surface area contributed by atoms with Gasteiger partial charge in [-0.05, 0) is 12.1 Å². The van der Waals surface area contributed by atoms with E-state index in [2.05, 4.69) is 14.7 Å². The third-order valence-electron chi connectivity index (χ3n) is 1.91. The maximum atomic E-state index is 13.3. The van der Waals surface area contributed by atoms with Crippen LogP contribution in [0.4, 0.5) is 4.39 Å². The Bertz CT molecular complexity index is 598. The van der Waals surface area contributed by atoms with Gasteiger partial charge < -0.3 is 0 Å². The van der Waals surface area contributed by atoms with Gasteiger partial charge in [0.15, 0.2) is 5.82 Å². The number of nitrogens with zero attached hydrogens (tertiary/aromatic N) is 2. The summed E-state index contributed by atoms with van der Waals surface area (Å²) in [6.07, 6.45) is 1.22. The van der Waals surface area contributed by atoms with Crippen LogP contribution < -0.4 is 4.72 Å². The molecule has 0 radical (unpaired) electrons. The molecule has 0 fully saturated rings. The van der Waals surface area contributed by atoms with Crippen molar-refractivity contribution in [2.45, 2.75) is 11.6 Å². The van der Waals surface area contributed by atoms with Gasteiger partial charge in [-0.15, -0.1) is 11.3 Å². The van der Waals surface area contributed by atoms with E-state index in [1.54, 1.807) is 10.9 Å². The predicted molar refractivity (Wildman–Crippen MR) is 60.3 cm³/mol. The van der Waals surface area contributed by atoms with Gasteiger partial charge in [-0.2, -0.15) is 0 Å². The van der Waals surface area contributed by atoms with E-state index in [0.29, 0.717) is 5.69 Å². The molecule has 2 aromatic heterocycles. The predicted octanol–water partition coefficient (Wildman–Crippen LogP) is 1.16. The van der Waals surface area contributed by atoms with Crippen LogP contribution in [0.15, 0.2) is 34.2 Å². The highest BCUT2D eigenvalue weighted by atomic mass is 32.2. The fourth-order valence-corrected chi connectivity index (χ4v) is 2.69. The second-order valence-corrected chi connectivity index (χ2v) is 5.50. The molecule has 17 heavy (non-hydrogen) atoms. The highest BCUT2D eigenvalue weighted by molar-refractivity contribution is 7.89. The Labute approximate surface area is 101 Å². The summed E-state index contributed by atoms with van der Waals surface area (Å²) in [4.78, 5) is 7.42. The second kappa shape index (κ2) is 4.86. The molecule has 90 valence electrons. The minimum atomic E-state index is -3.94. The van der Waals surface area contributed by atoms with Crippen molar-refractivity contribution in [2.75, 3.05) is 0 Å². The first-order chi connectivity index (χ1) is 8.09. The van der Waals surface area contributed by atoms with Crippen LogP contribution in [0.2, 0.25) is 0 Å².